The van der Waals surface area contributed by atoms with Gasteiger partial charge in [-0.2, -0.15) is 0 Å². The van der Waals surface area contributed by atoms with Gasteiger partial charge in [0.1, 0.15) is 7.85 Å². The molecule has 0 aliphatic heterocycles. The van der Waals surface area contributed by atoms with E-state index in [-0.39, 0.29) is 6.10 Å². The summed E-state index contributed by atoms with van der Waals surface area (Å²) in [5, 5.41) is -0.602. The Balaban J connectivity index is 4.72. The standard InChI is InChI=1S/C10H24BO3P/c1-5-9(8-11)14-15(12,13)10(4,6-2)7-3/h9H,5-8,11H2,1-4H3,(H,12,13). The maximum absolute atomic E-state index is 12.2. The summed E-state index contributed by atoms with van der Waals surface area (Å²) in [7, 11) is -1.53. The number of rotatable bonds is 7. The first-order chi connectivity index (χ1) is 6.86. The molecule has 0 aliphatic carbocycles. The van der Waals surface area contributed by atoms with Crippen LogP contribution in [0.25, 0.3) is 0 Å². The first-order valence-electron chi connectivity index (χ1n) is 5.88. The van der Waals surface area contributed by atoms with Gasteiger partial charge in [-0.3, -0.25) is 4.57 Å². The molecule has 0 aromatic carbocycles. The van der Waals surface area contributed by atoms with Crippen LogP contribution in [0.3, 0.4) is 0 Å². The third kappa shape index (κ3) is 3.62. The lowest BCUT2D eigenvalue weighted by Gasteiger charge is -2.33. The monoisotopic (exact) mass is 234 g/mol. The van der Waals surface area contributed by atoms with Crippen LogP contribution in [0, 0.1) is 0 Å². The second-order valence-electron chi connectivity index (χ2n) is 4.27. The minimum Gasteiger partial charge on any atom is -0.324 e. The Morgan fingerprint density at radius 3 is 2.13 bits per heavy atom. The van der Waals surface area contributed by atoms with Crippen LogP contribution in [0.4, 0.5) is 0 Å². The summed E-state index contributed by atoms with van der Waals surface area (Å²) in [5.74, 6) is 0. The second-order valence-corrected chi connectivity index (χ2v) is 6.60. The highest BCUT2D eigenvalue weighted by Gasteiger charge is 2.42. The van der Waals surface area contributed by atoms with Gasteiger partial charge in [0, 0.05) is 0 Å². The lowest BCUT2D eigenvalue weighted by Crippen LogP contribution is -2.26. The molecule has 2 unspecified atom stereocenters. The fourth-order valence-electron chi connectivity index (χ4n) is 1.42. The summed E-state index contributed by atoms with van der Waals surface area (Å²) in [6, 6.07) is 0. The molecule has 0 saturated carbocycles. The molecule has 0 bridgehead atoms. The Bertz CT molecular complexity index is 225. The van der Waals surface area contributed by atoms with E-state index in [9.17, 15) is 9.46 Å². The molecule has 0 rings (SSSR count). The highest BCUT2D eigenvalue weighted by molar-refractivity contribution is 7.54. The van der Waals surface area contributed by atoms with Gasteiger partial charge < -0.3 is 9.42 Å². The van der Waals surface area contributed by atoms with E-state index in [2.05, 4.69) is 0 Å². The van der Waals surface area contributed by atoms with E-state index in [1.165, 1.54) is 0 Å². The summed E-state index contributed by atoms with van der Waals surface area (Å²) in [5.41, 5.74) is 0. The van der Waals surface area contributed by atoms with Gasteiger partial charge in [-0.05, 0) is 26.2 Å². The summed E-state index contributed by atoms with van der Waals surface area (Å²) in [6.07, 6.45) is 2.79. The molecule has 0 spiro atoms. The van der Waals surface area contributed by atoms with Crippen LogP contribution < -0.4 is 0 Å². The lowest BCUT2D eigenvalue weighted by atomic mass is 9.98. The predicted molar refractivity (Wildman–Crippen MR) is 67.3 cm³/mol. The van der Waals surface area contributed by atoms with E-state index >= 15 is 0 Å². The van der Waals surface area contributed by atoms with Gasteiger partial charge in [0.05, 0.1) is 11.3 Å². The third-order valence-electron chi connectivity index (χ3n) is 3.41. The van der Waals surface area contributed by atoms with E-state index in [1.807, 2.05) is 35.5 Å². The molecule has 90 valence electrons. The van der Waals surface area contributed by atoms with Crippen LogP contribution in [0.15, 0.2) is 0 Å². The Hall–Kier alpha value is 0.215. The lowest BCUT2D eigenvalue weighted by molar-refractivity contribution is 0.168. The summed E-state index contributed by atoms with van der Waals surface area (Å²) in [6.45, 7) is 7.67. The van der Waals surface area contributed by atoms with Crippen molar-refractivity contribution in [2.45, 2.75) is 64.5 Å². The molecule has 3 nitrogen and oxygen atoms in total. The average Bonchev–Trinajstić information content (AvgIpc) is 2.24. The Morgan fingerprint density at radius 1 is 1.40 bits per heavy atom. The van der Waals surface area contributed by atoms with Crippen molar-refractivity contribution < 1.29 is 14.0 Å². The van der Waals surface area contributed by atoms with E-state index in [4.69, 9.17) is 4.52 Å². The molecule has 0 heterocycles. The number of hydrogen-bond donors (Lipinski definition) is 1. The predicted octanol–water partition coefficient (Wildman–Crippen LogP) is 2.60. The molecule has 0 aromatic rings. The highest BCUT2D eigenvalue weighted by Crippen LogP contribution is 2.59. The van der Waals surface area contributed by atoms with Gasteiger partial charge in [-0.25, -0.2) is 0 Å². The first-order valence-corrected chi connectivity index (χ1v) is 7.45. The zero-order valence-corrected chi connectivity index (χ0v) is 11.5. The highest BCUT2D eigenvalue weighted by atomic mass is 31.2. The molecule has 1 N–H and O–H groups in total. The minimum atomic E-state index is -3.50. The van der Waals surface area contributed by atoms with Crippen LogP contribution in [0.2, 0.25) is 6.32 Å². The van der Waals surface area contributed by atoms with Crippen LogP contribution in [0.5, 0.6) is 0 Å². The average molecular weight is 234 g/mol. The maximum Gasteiger partial charge on any atom is 0.334 e. The molecule has 0 aromatic heterocycles. The van der Waals surface area contributed by atoms with Crippen LogP contribution in [-0.2, 0) is 9.09 Å². The van der Waals surface area contributed by atoms with Crippen LogP contribution in [-0.4, -0.2) is 24.0 Å². The van der Waals surface area contributed by atoms with Crippen molar-refractivity contribution in [3.05, 3.63) is 0 Å². The van der Waals surface area contributed by atoms with Crippen molar-refractivity contribution in [3.8, 4) is 0 Å². The fraction of sp³-hybridized carbons (Fsp3) is 1.00. The summed E-state index contributed by atoms with van der Waals surface area (Å²) in [4.78, 5) is 10.00. The molecule has 0 radical (unpaired) electrons. The van der Waals surface area contributed by atoms with E-state index in [1.54, 1.807) is 0 Å². The smallest absolute Gasteiger partial charge is 0.324 e. The first kappa shape index (κ1) is 15.2. The maximum atomic E-state index is 12.2. The summed E-state index contributed by atoms with van der Waals surface area (Å²) < 4.78 is 17.6. The SMILES string of the molecule is BCC(CC)OP(=O)(O)C(C)(CC)CC. The van der Waals surface area contributed by atoms with Crippen molar-refractivity contribution >= 4 is 15.4 Å². The topological polar surface area (TPSA) is 46.5 Å². The van der Waals surface area contributed by atoms with Crippen molar-refractivity contribution in [1.29, 1.82) is 0 Å². The van der Waals surface area contributed by atoms with Gasteiger partial charge in [-0.1, -0.05) is 27.1 Å². The van der Waals surface area contributed by atoms with Crippen molar-refractivity contribution in [1.82, 2.24) is 0 Å². The van der Waals surface area contributed by atoms with Gasteiger partial charge in [0.25, 0.3) is 0 Å². The Labute approximate surface area is 94.5 Å². The molecule has 0 amide bonds. The second kappa shape index (κ2) is 6.07. The van der Waals surface area contributed by atoms with Crippen molar-refractivity contribution in [2.24, 2.45) is 0 Å². The Morgan fingerprint density at radius 2 is 1.87 bits per heavy atom. The minimum absolute atomic E-state index is 0.0988. The molecule has 5 heteroatoms. The zero-order valence-electron chi connectivity index (χ0n) is 10.6. The quantitative estimate of drug-likeness (QED) is 0.544. The molecular weight excluding hydrogens is 210 g/mol. The third-order valence-corrected chi connectivity index (χ3v) is 5.99. The summed E-state index contributed by atoms with van der Waals surface area (Å²) >= 11 is 0. The van der Waals surface area contributed by atoms with Crippen molar-refractivity contribution in [2.75, 3.05) is 0 Å². The number of hydrogen-bond acceptors (Lipinski definition) is 2. The molecule has 2 atom stereocenters. The van der Waals surface area contributed by atoms with Gasteiger partial charge in [0.15, 0.2) is 0 Å². The Kier molecular flexibility index (Phi) is 6.16. The normalized spacial score (nSPS) is 18.5. The zero-order chi connectivity index (χ0) is 12.1. The molecule has 0 fully saturated rings. The molecule has 0 aliphatic rings. The van der Waals surface area contributed by atoms with E-state index in [0.717, 1.165) is 12.7 Å². The largest absolute Gasteiger partial charge is 0.334 e. The molecule has 0 saturated heterocycles. The van der Waals surface area contributed by atoms with Crippen LogP contribution >= 0.6 is 7.60 Å². The van der Waals surface area contributed by atoms with Gasteiger partial charge in [-0.15, -0.1) is 0 Å². The van der Waals surface area contributed by atoms with Gasteiger partial charge >= 0.3 is 7.60 Å². The van der Waals surface area contributed by atoms with Gasteiger partial charge in [0.2, 0.25) is 0 Å². The fourth-order valence-corrected chi connectivity index (χ4v) is 3.17. The van der Waals surface area contributed by atoms with Crippen molar-refractivity contribution in [3.63, 3.8) is 0 Å². The molecule has 15 heavy (non-hydrogen) atoms. The van der Waals surface area contributed by atoms with E-state index < -0.39 is 12.8 Å². The molecular formula is C10H24BO3P. The van der Waals surface area contributed by atoms with E-state index in [0.29, 0.717) is 12.8 Å². The van der Waals surface area contributed by atoms with Crippen LogP contribution in [0.1, 0.15) is 47.0 Å².